The molecule has 0 fully saturated rings. The molecule has 0 aliphatic heterocycles. The van der Waals surface area contributed by atoms with Crippen LogP contribution in [0.15, 0.2) is 115 Å². The third kappa shape index (κ3) is 20.6. The van der Waals surface area contributed by atoms with E-state index in [2.05, 4.69) is 77.2 Å². The van der Waals surface area contributed by atoms with Crippen molar-refractivity contribution in [2.45, 2.75) is 26.5 Å². The summed E-state index contributed by atoms with van der Waals surface area (Å²) >= 11 is 8.53. The van der Waals surface area contributed by atoms with Gasteiger partial charge in [0, 0.05) is 40.6 Å². The molecule has 2 aromatic heterocycles. The summed E-state index contributed by atoms with van der Waals surface area (Å²) < 4.78 is 140. The zero-order valence-electron chi connectivity index (χ0n) is 37.2. The first-order valence-electron chi connectivity index (χ1n) is 17.7. The number of hydrogen-bond acceptors (Lipinski definition) is 25. The van der Waals surface area contributed by atoms with Gasteiger partial charge in [-0.15, -0.1) is 10.2 Å². The average molecular weight is 1250 g/mol. The number of sulfone groups is 1. The molecule has 6 rings (SSSR count). The van der Waals surface area contributed by atoms with Crippen molar-refractivity contribution in [3.05, 3.63) is 90.7 Å². The second-order valence-corrected chi connectivity index (χ2v) is 20.6. The maximum absolute atomic E-state index is 12.6. The number of urea groups is 1. The Hall–Kier alpha value is -1.28. The molecule has 358 valence electrons. The van der Waals surface area contributed by atoms with Gasteiger partial charge in [-0.2, -0.15) is 19.3 Å². The Kier molecular flexibility index (Phi) is 28.5. The molecule has 2 heterocycles. The maximum Gasteiger partial charge on any atom is 1.00 e. The standard InChI is InChI=1S/C30H28ClN9O16S5.C3H3IN2.4Na/c1-2-40(18-4-6-20(7-5-18)58(43,44)10-9-54-61(51,52)53)30-36-27(31)35-29(37-30)33-17-3-8-22(23(13-17)34-28(32)41)38-39-24-15-21-16(12-26(24)60(48,49)50)11-19(57-56-55-42)14-25(21)59(45,46)47;4-6-2-1-5-3-6;;;;/h3-8,11-15,42H,2,9-10H2,1H3,(H3,32,34,41)(H,45,46,47)(H,48,49,50)(H,51,52,53)(H,33,35,36,37);1-3H;;;;/q;;4*+1/p-4. The number of fused-ring (bicyclic) bond motifs is 1. The van der Waals surface area contributed by atoms with Crippen LogP contribution in [0.2, 0.25) is 5.28 Å². The van der Waals surface area contributed by atoms with Crippen LogP contribution in [0.25, 0.3) is 10.8 Å². The number of primary amides is 1. The average Bonchev–Trinajstić information content (AvgIpc) is 3.72. The van der Waals surface area contributed by atoms with Crippen LogP contribution >= 0.6 is 46.5 Å². The number of aromatic nitrogens is 5. The van der Waals surface area contributed by atoms with Crippen molar-refractivity contribution in [2.24, 2.45) is 16.0 Å². The van der Waals surface area contributed by atoms with E-state index in [1.807, 2.05) is 8.98 Å². The second kappa shape index (κ2) is 29.9. The molecular weight excluding hydrogens is 1220 g/mol. The van der Waals surface area contributed by atoms with Crippen molar-refractivity contribution < 1.29 is 189 Å². The molecule has 27 nitrogen and oxygen atoms in total. The molecule has 0 saturated heterocycles. The molecule has 4 N–H and O–H groups in total. The van der Waals surface area contributed by atoms with Gasteiger partial charge in [-0.3, -0.25) is 12.0 Å². The molecule has 0 bridgehead atoms. The summed E-state index contributed by atoms with van der Waals surface area (Å²) in [5.41, 5.74) is 4.80. The molecule has 0 aliphatic carbocycles. The molecule has 71 heavy (non-hydrogen) atoms. The fourth-order valence-corrected chi connectivity index (χ4v) is 9.26. The Bertz CT molecular complexity index is 3290. The van der Waals surface area contributed by atoms with Crippen LogP contribution in [0.3, 0.4) is 0 Å². The van der Waals surface area contributed by atoms with Crippen molar-refractivity contribution in [3.63, 3.8) is 0 Å². The van der Waals surface area contributed by atoms with Crippen molar-refractivity contribution in [1.29, 1.82) is 0 Å². The maximum atomic E-state index is 12.6. The van der Waals surface area contributed by atoms with Gasteiger partial charge in [-0.05, 0) is 90.6 Å². The van der Waals surface area contributed by atoms with E-state index >= 15 is 0 Å². The molecular formula is C33H27ClIN11Na4O16S5. The molecule has 0 spiro atoms. The zero-order valence-corrected chi connectivity index (χ0v) is 52.2. The third-order valence-electron chi connectivity index (χ3n) is 8.15. The van der Waals surface area contributed by atoms with E-state index in [9.17, 15) is 57.4 Å². The number of amides is 2. The predicted octanol–water partition coefficient (Wildman–Crippen LogP) is -8.13. The summed E-state index contributed by atoms with van der Waals surface area (Å²) in [6.07, 6.45) is 5.35. The minimum absolute atomic E-state index is 0. The van der Waals surface area contributed by atoms with Crippen LogP contribution < -0.4 is 145 Å². The first-order valence-corrected chi connectivity index (χ1v) is 25.6. The monoisotopic (exact) mass is 1250 g/mol. The zero-order chi connectivity index (χ0) is 49.3. The minimum Gasteiger partial charge on any atom is -0.744 e. The summed E-state index contributed by atoms with van der Waals surface area (Å²) in [6.45, 7) is 1.04. The minimum atomic E-state index is -5.36. The van der Waals surface area contributed by atoms with E-state index in [0.717, 1.165) is 24.3 Å². The number of halogens is 2. The van der Waals surface area contributed by atoms with Gasteiger partial charge in [-0.1, -0.05) is 0 Å². The fraction of sp³-hybridized carbons (Fsp3) is 0.121. The van der Waals surface area contributed by atoms with Gasteiger partial charge < -0.3 is 40.2 Å². The summed E-state index contributed by atoms with van der Waals surface area (Å²) in [5.74, 6) is -0.970. The number of benzene rings is 4. The number of anilines is 5. The van der Waals surface area contributed by atoms with Crippen LogP contribution in [0.1, 0.15) is 6.92 Å². The number of carbonyl (C=O) groups is 1. The van der Waals surface area contributed by atoms with Crippen LogP contribution in [-0.4, -0.2) is 95.0 Å². The van der Waals surface area contributed by atoms with Gasteiger partial charge in [0.25, 0.3) is 0 Å². The quantitative estimate of drug-likeness (QED) is 0.0105. The van der Waals surface area contributed by atoms with E-state index in [0.29, 0.717) is 5.69 Å². The molecule has 0 radical (unpaired) electrons. The Morgan fingerprint density at radius 1 is 0.873 bits per heavy atom. The molecule has 38 heteroatoms. The summed E-state index contributed by atoms with van der Waals surface area (Å²) in [7, 11) is -19.8. The van der Waals surface area contributed by atoms with E-state index < -0.39 is 74.3 Å². The van der Waals surface area contributed by atoms with Gasteiger partial charge in [-0.25, -0.2) is 43.4 Å². The van der Waals surface area contributed by atoms with Gasteiger partial charge in [0.2, 0.25) is 27.6 Å². The van der Waals surface area contributed by atoms with E-state index in [4.69, 9.17) is 17.3 Å². The number of rotatable bonds is 18. The van der Waals surface area contributed by atoms with Gasteiger partial charge in [0.15, 0.2) is 9.84 Å². The van der Waals surface area contributed by atoms with Crippen LogP contribution in [0, 0.1) is 0 Å². The number of imidazole rings is 1. The SMILES string of the molecule is CCN(c1ccc(S(=O)(=O)CCOS(=O)(=O)[O-])cc1)c1nc(Cl)nc(Nc2ccc(N=Nc3cc4c(S(=O)(=O)[O-])cc(SOO[O-])cc4cc3S(=O)(=O)[O-])c(NC(N)=O)c2)n1.In1ccnc1.[Na+].[Na+].[Na+].[Na+]. The summed E-state index contributed by atoms with van der Waals surface area (Å²) in [4.78, 5) is 27.5. The van der Waals surface area contributed by atoms with E-state index in [1.54, 1.807) is 19.4 Å². The van der Waals surface area contributed by atoms with Crippen molar-refractivity contribution in [3.8, 4) is 0 Å². The van der Waals surface area contributed by atoms with Gasteiger partial charge in [0.05, 0.1) is 67.6 Å². The number of hydrogen-bond donors (Lipinski definition) is 3. The Morgan fingerprint density at radius 3 is 2.06 bits per heavy atom. The first kappa shape index (κ1) is 67.7. The number of azo groups is 1. The number of nitrogens with two attached hydrogens (primary N) is 1. The molecule has 0 unspecified atom stereocenters. The number of carbonyl (C=O) groups excluding carboxylic acids is 1. The molecule has 4 aromatic carbocycles. The molecule has 0 atom stereocenters. The summed E-state index contributed by atoms with van der Waals surface area (Å²) in [6, 6.07) is 11.4. The normalized spacial score (nSPS) is 11.5. The van der Waals surface area contributed by atoms with Gasteiger partial charge in [0.1, 0.15) is 37.9 Å². The van der Waals surface area contributed by atoms with Crippen LogP contribution in [0.4, 0.5) is 45.1 Å². The number of nitrogens with zero attached hydrogens (tertiary/aromatic N) is 8. The Morgan fingerprint density at radius 2 is 1.52 bits per heavy atom. The van der Waals surface area contributed by atoms with Crippen molar-refractivity contribution in [1.82, 2.24) is 22.7 Å². The molecule has 6 aromatic rings. The Balaban J connectivity index is 0.00000234. The van der Waals surface area contributed by atoms with Gasteiger partial charge >= 0.3 is 124 Å². The second-order valence-electron chi connectivity index (χ2n) is 12.6. The van der Waals surface area contributed by atoms with Crippen molar-refractivity contribution in [2.75, 3.05) is 34.4 Å². The summed E-state index contributed by atoms with van der Waals surface area (Å²) in [5, 5.41) is 25.4. The third-order valence-corrected chi connectivity index (χ3v) is 13.3. The molecule has 0 saturated carbocycles. The fourth-order valence-electron chi connectivity index (χ4n) is 5.47. The number of nitrogens with one attached hydrogen (secondary N) is 2. The van der Waals surface area contributed by atoms with E-state index in [-0.39, 0.29) is 192 Å². The first-order chi connectivity index (χ1) is 31.4. The van der Waals surface area contributed by atoms with Crippen molar-refractivity contribution >= 4 is 144 Å². The Labute approximate surface area is 516 Å². The molecule has 0 aliphatic rings. The van der Waals surface area contributed by atoms with Crippen LogP contribution in [-0.2, 0) is 54.0 Å². The van der Waals surface area contributed by atoms with E-state index in [1.165, 1.54) is 47.4 Å². The predicted molar refractivity (Wildman–Crippen MR) is 238 cm³/mol. The topological polar surface area (TPSA) is 408 Å². The van der Waals surface area contributed by atoms with Crippen LogP contribution in [0.5, 0.6) is 0 Å². The largest absolute Gasteiger partial charge is 1.00 e. The smallest absolute Gasteiger partial charge is 0.744 e. The molecule has 2 amide bonds.